The van der Waals surface area contributed by atoms with Crippen LogP contribution in [-0.2, 0) is 11.2 Å². The maximum absolute atomic E-state index is 13.0. The van der Waals surface area contributed by atoms with E-state index in [1.165, 1.54) is 6.07 Å². The molecule has 2 N–H and O–H groups in total. The van der Waals surface area contributed by atoms with E-state index < -0.39 is 0 Å². The second-order valence-corrected chi connectivity index (χ2v) is 5.52. The van der Waals surface area contributed by atoms with E-state index in [4.69, 9.17) is 5.73 Å². The molecule has 0 aliphatic heterocycles. The van der Waals surface area contributed by atoms with Gasteiger partial charge in [0.05, 0.1) is 4.47 Å². The lowest BCUT2D eigenvalue weighted by Gasteiger charge is -2.09. The Labute approximate surface area is 109 Å². The van der Waals surface area contributed by atoms with Gasteiger partial charge in [0.25, 0.3) is 0 Å². The van der Waals surface area contributed by atoms with Crippen LogP contribution in [0.25, 0.3) is 0 Å². The molecule has 0 aromatic heterocycles. The quantitative estimate of drug-likeness (QED) is 0.908. The standard InChI is InChI=1S/C13H15BrFNO/c14-11-6-8(1-4-12(11)15)5-10(17)7-13(16)9-2-3-9/h1,4,6,9,13H,2-3,5,7,16H2. The first-order valence-corrected chi connectivity index (χ1v) is 6.57. The van der Waals surface area contributed by atoms with Crippen LogP contribution in [0.5, 0.6) is 0 Å². The normalized spacial score (nSPS) is 16.9. The fraction of sp³-hybridized carbons (Fsp3) is 0.462. The molecule has 0 heterocycles. The van der Waals surface area contributed by atoms with Gasteiger partial charge in [-0.15, -0.1) is 0 Å². The van der Waals surface area contributed by atoms with Crippen molar-refractivity contribution in [1.82, 2.24) is 0 Å². The number of benzene rings is 1. The van der Waals surface area contributed by atoms with Crippen molar-refractivity contribution >= 4 is 21.7 Å². The molecule has 1 fully saturated rings. The zero-order valence-corrected chi connectivity index (χ0v) is 11.0. The van der Waals surface area contributed by atoms with Gasteiger partial charge in [0.1, 0.15) is 11.6 Å². The molecule has 0 bridgehead atoms. The van der Waals surface area contributed by atoms with Crippen LogP contribution in [0, 0.1) is 11.7 Å². The first-order chi connectivity index (χ1) is 8.06. The number of carbonyl (C=O) groups is 1. The van der Waals surface area contributed by atoms with Gasteiger partial charge in [0, 0.05) is 18.9 Å². The zero-order valence-electron chi connectivity index (χ0n) is 9.46. The van der Waals surface area contributed by atoms with E-state index in [0.29, 0.717) is 23.2 Å². The van der Waals surface area contributed by atoms with Crippen LogP contribution in [0.1, 0.15) is 24.8 Å². The van der Waals surface area contributed by atoms with Crippen molar-refractivity contribution < 1.29 is 9.18 Å². The van der Waals surface area contributed by atoms with Crippen LogP contribution < -0.4 is 5.73 Å². The lowest BCUT2D eigenvalue weighted by Crippen LogP contribution is -2.26. The topological polar surface area (TPSA) is 43.1 Å². The molecule has 0 amide bonds. The number of ketones is 1. The van der Waals surface area contributed by atoms with Gasteiger partial charge < -0.3 is 5.73 Å². The predicted octanol–water partition coefficient (Wildman–Crippen LogP) is 2.83. The maximum atomic E-state index is 13.0. The SMILES string of the molecule is NC(CC(=O)Cc1ccc(F)c(Br)c1)C1CC1. The Morgan fingerprint density at radius 1 is 1.53 bits per heavy atom. The van der Waals surface area contributed by atoms with Crippen LogP contribution in [0.15, 0.2) is 22.7 Å². The summed E-state index contributed by atoms with van der Waals surface area (Å²) in [6.45, 7) is 0. The third-order valence-corrected chi connectivity index (χ3v) is 3.68. The number of halogens is 2. The van der Waals surface area contributed by atoms with E-state index in [1.807, 2.05) is 0 Å². The Balaban J connectivity index is 1.90. The summed E-state index contributed by atoms with van der Waals surface area (Å²) in [7, 11) is 0. The van der Waals surface area contributed by atoms with E-state index in [9.17, 15) is 9.18 Å². The molecular weight excluding hydrogens is 285 g/mol. The van der Waals surface area contributed by atoms with Gasteiger partial charge in [0.15, 0.2) is 0 Å². The highest BCUT2D eigenvalue weighted by atomic mass is 79.9. The van der Waals surface area contributed by atoms with Gasteiger partial charge in [-0.2, -0.15) is 0 Å². The Kier molecular flexibility index (Phi) is 3.94. The summed E-state index contributed by atoms with van der Waals surface area (Å²) in [5.41, 5.74) is 6.72. The molecule has 92 valence electrons. The zero-order chi connectivity index (χ0) is 12.4. The number of hydrogen-bond donors (Lipinski definition) is 1. The van der Waals surface area contributed by atoms with Crippen molar-refractivity contribution in [2.24, 2.45) is 11.7 Å². The lowest BCUT2D eigenvalue weighted by molar-refractivity contribution is -0.118. The number of Topliss-reactive ketones (excluding diaryl/α,β-unsaturated/α-hetero) is 1. The van der Waals surface area contributed by atoms with Crippen molar-refractivity contribution in [3.63, 3.8) is 0 Å². The summed E-state index contributed by atoms with van der Waals surface area (Å²) in [5, 5.41) is 0. The van der Waals surface area contributed by atoms with Crippen LogP contribution in [0.4, 0.5) is 4.39 Å². The molecule has 2 nitrogen and oxygen atoms in total. The van der Waals surface area contributed by atoms with E-state index in [2.05, 4.69) is 15.9 Å². The highest BCUT2D eigenvalue weighted by molar-refractivity contribution is 9.10. The molecule has 1 atom stereocenters. The highest BCUT2D eigenvalue weighted by Gasteiger charge is 2.29. The van der Waals surface area contributed by atoms with E-state index in [1.54, 1.807) is 12.1 Å². The molecule has 1 aromatic carbocycles. The molecule has 1 unspecified atom stereocenters. The monoisotopic (exact) mass is 299 g/mol. The first kappa shape index (κ1) is 12.7. The van der Waals surface area contributed by atoms with Crippen molar-refractivity contribution in [2.45, 2.75) is 31.7 Å². The summed E-state index contributed by atoms with van der Waals surface area (Å²) >= 11 is 3.11. The van der Waals surface area contributed by atoms with E-state index in [0.717, 1.165) is 18.4 Å². The van der Waals surface area contributed by atoms with Crippen molar-refractivity contribution in [2.75, 3.05) is 0 Å². The minimum absolute atomic E-state index is 0.00592. The molecule has 0 radical (unpaired) electrons. The Morgan fingerprint density at radius 3 is 2.82 bits per heavy atom. The summed E-state index contributed by atoms with van der Waals surface area (Å²) < 4.78 is 13.4. The summed E-state index contributed by atoms with van der Waals surface area (Å²) in [5.74, 6) is 0.359. The minimum Gasteiger partial charge on any atom is -0.327 e. The van der Waals surface area contributed by atoms with Crippen LogP contribution in [-0.4, -0.2) is 11.8 Å². The van der Waals surface area contributed by atoms with Crippen LogP contribution >= 0.6 is 15.9 Å². The first-order valence-electron chi connectivity index (χ1n) is 5.77. The van der Waals surface area contributed by atoms with E-state index >= 15 is 0 Å². The van der Waals surface area contributed by atoms with Crippen molar-refractivity contribution in [1.29, 1.82) is 0 Å². The summed E-state index contributed by atoms with van der Waals surface area (Å²) in [6, 6.07) is 4.66. The van der Waals surface area contributed by atoms with E-state index in [-0.39, 0.29) is 17.6 Å². The number of nitrogens with two attached hydrogens (primary N) is 1. The second kappa shape index (κ2) is 5.27. The third kappa shape index (κ3) is 3.61. The van der Waals surface area contributed by atoms with Gasteiger partial charge >= 0.3 is 0 Å². The largest absolute Gasteiger partial charge is 0.327 e. The molecular formula is C13H15BrFNO. The fourth-order valence-corrected chi connectivity index (χ4v) is 2.33. The molecule has 0 saturated heterocycles. The lowest BCUT2D eigenvalue weighted by atomic mass is 10.0. The molecule has 1 saturated carbocycles. The summed E-state index contributed by atoms with van der Waals surface area (Å²) in [6.07, 6.45) is 3.06. The molecule has 1 aromatic rings. The minimum atomic E-state index is -0.309. The third-order valence-electron chi connectivity index (χ3n) is 3.08. The Bertz CT molecular complexity index is 431. The molecule has 1 aliphatic rings. The van der Waals surface area contributed by atoms with Gasteiger partial charge in [0.2, 0.25) is 0 Å². The van der Waals surface area contributed by atoms with Gasteiger partial charge in [-0.25, -0.2) is 4.39 Å². The van der Waals surface area contributed by atoms with Crippen LogP contribution in [0.2, 0.25) is 0 Å². The molecule has 17 heavy (non-hydrogen) atoms. The maximum Gasteiger partial charge on any atom is 0.138 e. The smallest absolute Gasteiger partial charge is 0.138 e. The molecule has 1 aliphatic carbocycles. The van der Waals surface area contributed by atoms with Gasteiger partial charge in [-0.05, 0) is 52.4 Å². The van der Waals surface area contributed by atoms with Gasteiger partial charge in [-0.3, -0.25) is 4.79 Å². The number of hydrogen-bond acceptors (Lipinski definition) is 2. The number of rotatable bonds is 5. The summed E-state index contributed by atoms with van der Waals surface area (Å²) in [4.78, 5) is 11.8. The Hall–Kier alpha value is -0.740. The Morgan fingerprint density at radius 2 is 2.24 bits per heavy atom. The molecule has 2 rings (SSSR count). The van der Waals surface area contributed by atoms with Gasteiger partial charge in [-0.1, -0.05) is 6.07 Å². The molecule has 4 heteroatoms. The fourth-order valence-electron chi connectivity index (χ4n) is 1.90. The van der Waals surface area contributed by atoms with Crippen molar-refractivity contribution in [3.8, 4) is 0 Å². The van der Waals surface area contributed by atoms with Crippen LogP contribution in [0.3, 0.4) is 0 Å². The average molecular weight is 300 g/mol. The average Bonchev–Trinajstić information content (AvgIpc) is 3.06. The second-order valence-electron chi connectivity index (χ2n) is 4.67. The number of carbonyl (C=O) groups excluding carboxylic acids is 1. The van der Waals surface area contributed by atoms with Crippen molar-refractivity contribution in [3.05, 3.63) is 34.1 Å². The predicted molar refractivity (Wildman–Crippen MR) is 68.1 cm³/mol. The highest BCUT2D eigenvalue weighted by Crippen LogP contribution is 2.33. The molecule has 0 spiro atoms.